The summed E-state index contributed by atoms with van der Waals surface area (Å²) in [7, 11) is 3.17. The van der Waals surface area contributed by atoms with E-state index in [1.807, 2.05) is 6.92 Å². The van der Waals surface area contributed by atoms with Gasteiger partial charge < -0.3 is 14.6 Å². The van der Waals surface area contributed by atoms with Crippen molar-refractivity contribution in [3.63, 3.8) is 0 Å². The summed E-state index contributed by atoms with van der Waals surface area (Å²) in [6.07, 6.45) is 2.62. The van der Waals surface area contributed by atoms with Gasteiger partial charge in [0, 0.05) is 18.0 Å². The lowest BCUT2D eigenvalue weighted by Gasteiger charge is -2.17. The molecule has 19 heavy (non-hydrogen) atoms. The highest BCUT2D eigenvalue weighted by molar-refractivity contribution is 5.46. The zero-order valence-electron chi connectivity index (χ0n) is 11.3. The van der Waals surface area contributed by atoms with Crippen molar-refractivity contribution in [1.29, 1.82) is 0 Å². The van der Waals surface area contributed by atoms with Gasteiger partial charge in [0.25, 0.3) is 0 Å². The number of hydrogen-bond donors (Lipinski definition) is 1. The number of aryl methyl sites for hydroxylation is 1. The Morgan fingerprint density at radius 1 is 1.11 bits per heavy atom. The molecular formula is C15H17NO3. The van der Waals surface area contributed by atoms with Crippen LogP contribution >= 0.6 is 0 Å². The Bertz CT molecular complexity index is 569. The highest BCUT2D eigenvalue weighted by Gasteiger charge is 2.18. The second-order valence-electron chi connectivity index (χ2n) is 4.24. The van der Waals surface area contributed by atoms with Crippen LogP contribution in [0.4, 0.5) is 0 Å². The summed E-state index contributed by atoms with van der Waals surface area (Å²) in [6.45, 7) is 1.91. The predicted octanol–water partition coefficient (Wildman–Crippen LogP) is 2.49. The Balaban J connectivity index is 2.48. The van der Waals surface area contributed by atoms with Crippen molar-refractivity contribution in [2.75, 3.05) is 14.2 Å². The molecule has 0 aliphatic carbocycles. The summed E-state index contributed by atoms with van der Waals surface area (Å²) < 4.78 is 10.5. The average molecular weight is 259 g/mol. The first-order chi connectivity index (χ1) is 9.17. The van der Waals surface area contributed by atoms with Gasteiger partial charge in [0.15, 0.2) is 0 Å². The van der Waals surface area contributed by atoms with Gasteiger partial charge in [-0.3, -0.25) is 4.98 Å². The molecule has 0 saturated carbocycles. The third-order valence-corrected chi connectivity index (χ3v) is 3.09. The molecule has 1 aromatic carbocycles. The molecule has 2 aromatic rings. The van der Waals surface area contributed by atoms with Crippen LogP contribution in [0, 0.1) is 6.92 Å². The third kappa shape index (κ3) is 2.69. The molecule has 0 spiro atoms. The molecule has 4 nitrogen and oxygen atoms in total. The van der Waals surface area contributed by atoms with Crippen LogP contribution in [-0.2, 0) is 0 Å². The number of methoxy groups -OCH3 is 2. The lowest BCUT2D eigenvalue weighted by molar-refractivity contribution is 0.213. The number of hydrogen-bond acceptors (Lipinski definition) is 4. The Hall–Kier alpha value is -2.07. The summed E-state index contributed by atoms with van der Waals surface area (Å²) in [5, 5.41) is 10.5. The van der Waals surface area contributed by atoms with Gasteiger partial charge in [0.2, 0.25) is 0 Å². The number of ether oxygens (including phenoxy) is 2. The first-order valence-electron chi connectivity index (χ1n) is 5.98. The highest BCUT2D eigenvalue weighted by Crippen LogP contribution is 2.33. The molecule has 1 unspecified atom stereocenters. The number of aromatic nitrogens is 1. The van der Waals surface area contributed by atoms with E-state index >= 15 is 0 Å². The van der Waals surface area contributed by atoms with Crippen LogP contribution in [0.25, 0.3) is 0 Å². The average Bonchev–Trinajstić information content (AvgIpc) is 2.46. The van der Waals surface area contributed by atoms with E-state index in [9.17, 15) is 5.11 Å². The summed E-state index contributed by atoms with van der Waals surface area (Å²) in [4.78, 5) is 4.03. The molecule has 0 saturated heterocycles. The van der Waals surface area contributed by atoms with E-state index in [1.54, 1.807) is 50.9 Å². The van der Waals surface area contributed by atoms with E-state index in [0.717, 1.165) is 11.1 Å². The van der Waals surface area contributed by atoms with Gasteiger partial charge >= 0.3 is 0 Å². The zero-order chi connectivity index (χ0) is 13.8. The first kappa shape index (κ1) is 13.4. The summed E-state index contributed by atoms with van der Waals surface area (Å²) in [6, 6.07) is 7.17. The smallest absolute Gasteiger partial charge is 0.125 e. The Morgan fingerprint density at radius 3 is 2.53 bits per heavy atom. The molecule has 1 atom stereocenters. The number of benzene rings is 1. The Kier molecular flexibility index (Phi) is 4.02. The molecule has 0 aliphatic heterocycles. The molecule has 100 valence electrons. The minimum absolute atomic E-state index is 0.629. The van der Waals surface area contributed by atoms with Gasteiger partial charge in [-0.05, 0) is 42.3 Å². The Labute approximate surface area is 112 Å². The van der Waals surface area contributed by atoms with E-state index in [0.29, 0.717) is 17.1 Å². The molecule has 0 amide bonds. The van der Waals surface area contributed by atoms with E-state index in [-0.39, 0.29) is 0 Å². The van der Waals surface area contributed by atoms with Crippen LogP contribution in [0.3, 0.4) is 0 Å². The molecule has 1 aromatic heterocycles. The van der Waals surface area contributed by atoms with Gasteiger partial charge in [0.1, 0.15) is 17.6 Å². The first-order valence-corrected chi connectivity index (χ1v) is 5.98. The van der Waals surface area contributed by atoms with Gasteiger partial charge in [-0.15, -0.1) is 0 Å². The molecule has 0 bridgehead atoms. The lowest BCUT2D eigenvalue weighted by atomic mass is 9.98. The highest BCUT2D eigenvalue weighted by atomic mass is 16.5. The van der Waals surface area contributed by atoms with Crippen LogP contribution in [0.1, 0.15) is 22.8 Å². The number of rotatable bonds is 4. The van der Waals surface area contributed by atoms with Crippen LogP contribution in [0.15, 0.2) is 36.7 Å². The van der Waals surface area contributed by atoms with E-state index in [1.165, 1.54) is 0 Å². The second-order valence-corrected chi connectivity index (χ2v) is 4.24. The zero-order valence-corrected chi connectivity index (χ0v) is 11.3. The van der Waals surface area contributed by atoms with Gasteiger partial charge in [0.05, 0.1) is 14.2 Å². The second kappa shape index (κ2) is 5.71. The number of nitrogens with zero attached hydrogens (tertiary/aromatic N) is 1. The van der Waals surface area contributed by atoms with Crippen molar-refractivity contribution in [3.05, 3.63) is 53.3 Å². The number of aliphatic hydroxyl groups excluding tert-OH is 1. The molecule has 0 aliphatic rings. The summed E-state index contributed by atoms with van der Waals surface area (Å²) >= 11 is 0. The quantitative estimate of drug-likeness (QED) is 0.916. The predicted molar refractivity (Wildman–Crippen MR) is 72.6 cm³/mol. The van der Waals surface area contributed by atoms with Gasteiger partial charge in [-0.25, -0.2) is 0 Å². The van der Waals surface area contributed by atoms with Gasteiger partial charge in [-0.2, -0.15) is 0 Å². The van der Waals surface area contributed by atoms with Crippen molar-refractivity contribution >= 4 is 0 Å². The third-order valence-electron chi connectivity index (χ3n) is 3.09. The monoisotopic (exact) mass is 259 g/mol. The van der Waals surface area contributed by atoms with E-state index in [2.05, 4.69) is 4.98 Å². The Morgan fingerprint density at radius 2 is 1.89 bits per heavy atom. The van der Waals surface area contributed by atoms with Crippen molar-refractivity contribution in [3.8, 4) is 11.5 Å². The molecule has 2 rings (SSSR count). The molecule has 4 heteroatoms. The molecule has 0 radical (unpaired) electrons. The topological polar surface area (TPSA) is 51.6 Å². The van der Waals surface area contributed by atoms with E-state index in [4.69, 9.17) is 9.47 Å². The van der Waals surface area contributed by atoms with Crippen LogP contribution in [0.5, 0.6) is 11.5 Å². The van der Waals surface area contributed by atoms with Crippen LogP contribution in [-0.4, -0.2) is 24.3 Å². The van der Waals surface area contributed by atoms with Crippen LogP contribution in [0.2, 0.25) is 0 Å². The minimum Gasteiger partial charge on any atom is -0.497 e. The largest absolute Gasteiger partial charge is 0.497 e. The lowest BCUT2D eigenvalue weighted by Crippen LogP contribution is -2.05. The fourth-order valence-electron chi connectivity index (χ4n) is 2.01. The molecule has 1 N–H and O–H groups in total. The normalized spacial score (nSPS) is 12.0. The molecule has 1 heterocycles. The van der Waals surface area contributed by atoms with E-state index < -0.39 is 6.10 Å². The maximum Gasteiger partial charge on any atom is 0.125 e. The number of pyridine rings is 1. The summed E-state index contributed by atoms with van der Waals surface area (Å²) in [5.74, 6) is 1.31. The van der Waals surface area contributed by atoms with Crippen molar-refractivity contribution in [2.45, 2.75) is 13.0 Å². The van der Waals surface area contributed by atoms with Crippen molar-refractivity contribution in [2.24, 2.45) is 0 Å². The van der Waals surface area contributed by atoms with Gasteiger partial charge in [-0.1, -0.05) is 0 Å². The number of aliphatic hydroxyl groups is 1. The minimum atomic E-state index is -0.770. The maximum atomic E-state index is 10.5. The SMILES string of the molecule is COc1ccc(OC)c(C(O)c2ccncc2C)c1. The standard InChI is InChI=1S/C15H17NO3/c1-10-9-16-7-6-12(10)15(17)13-8-11(18-2)4-5-14(13)19-3/h4-9,15,17H,1-3H3. The fourth-order valence-corrected chi connectivity index (χ4v) is 2.01. The summed E-state index contributed by atoms with van der Waals surface area (Å²) in [5.41, 5.74) is 2.41. The fraction of sp³-hybridized carbons (Fsp3) is 0.267. The maximum absolute atomic E-state index is 10.5. The van der Waals surface area contributed by atoms with Crippen LogP contribution < -0.4 is 9.47 Å². The molecular weight excluding hydrogens is 242 g/mol. The van der Waals surface area contributed by atoms with Crippen molar-refractivity contribution < 1.29 is 14.6 Å². The van der Waals surface area contributed by atoms with Crippen molar-refractivity contribution in [1.82, 2.24) is 4.98 Å². The molecule has 0 fully saturated rings.